The fourth-order valence-electron chi connectivity index (χ4n) is 5.09. The van der Waals surface area contributed by atoms with Gasteiger partial charge in [-0.15, -0.1) is 0 Å². The minimum atomic E-state index is -1.94. The molecule has 0 amide bonds. The van der Waals surface area contributed by atoms with Crippen LogP contribution in [0.25, 0.3) is 12.2 Å². The van der Waals surface area contributed by atoms with Gasteiger partial charge in [-0.25, -0.2) is 4.79 Å². The number of methoxy groups -OCH3 is 1. The number of ether oxygens (including phenoxy) is 1. The Morgan fingerprint density at radius 3 is 2.70 bits per heavy atom. The molecular formula is C24H30N6O3. The first-order valence-electron chi connectivity index (χ1n) is 10.8. The molecule has 1 N–H and O–H groups in total. The number of aromatic nitrogens is 1. The van der Waals surface area contributed by atoms with Gasteiger partial charge in [-0.1, -0.05) is 43.2 Å². The molecule has 1 aromatic rings. The van der Waals surface area contributed by atoms with Crippen LogP contribution in [0.1, 0.15) is 30.1 Å². The van der Waals surface area contributed by atoms with Gasteiger partial charge in [0.1, 0.15) is 0 Å². The fraction of sp³-hybridized carbons (Fsp3) is 0.417. The van der Waals surface area contributed by atoms with Crippen LogP contribution >= 0.6 is 0 Å². The minimum Gasteiger partial charge on any atom is -0.465 e. The number of hydrogen-bond donors (Lipinski definition) is 1. The number of aliphatic hydroxyl groups is 1. The molecule has 2 aliphatic rings. The van der Waals surface area contributed by atoms with Gasteiger partial charge in [-0.2, -0.15) is 10.4 Å². The zero-order chi connectivity index (χ0) is 24.2. The third-order valence-electron chi connectivity index (χ3n) is 6.32. The standard InChI is InChI=1S/C24H30N6O3/c1-6-9-18-19-12-13-28(16-25)21-17(11-14-29(8-3)27-26-4)15-24(32,23(31)33-5)30(22(19)21)20(18)10-7-2/h6-10,17,21,32H,1-3,11-15H2,4-5H3/b18-9+,20-10+,27-26?. The lowest BCUT2D eigenvalue weighted by Crippen LogP contribution is -2.56. The zero-order valence-corrected chi connectivity index (χ0v) is 19.1. The van der Waals surface area contributed by atoms with Crippen LogP contribution in [0.3, 0.4) is 0 Å². The topological polar surface area (TPSA) is 106 Å². The molecule has 33 heavy (non-hydrogen) atoms. The number of nitriles is 1. The van der Waals surface area contributed by atoms with Crippen molar-refractivity contribution in [2.24, 2.45) is 16.3 Å². The van der Waals surface area contributed by atoms with Crippen molar-refractivity contribution in [3.05, 3.63) is 59.9 Å². The monoisotopic (exact) mass is 450 g/mol. The number of rotatable bonds is 8. The highest BCUT2D eigenvalue weighted by Crippen LogP contribution is 2.46. The van der Waals surface area contributed by atoms with Crippen molar-refractivity contribution in [3.8, 4) is 6.19 Å². The summed E-state index contributed by atoms with van der Waals surface area (Å²) in [5.74, 6) is -0.992. The van der Waals surface area contributed by atoms with Gasteiger partial charge in [0, 0.05) is 36.6 Å². The first-order chi connectivity index (χ1) is 15.9. The molecule has 0 spiro atoms. The van der Waals surface area contributed by atoms with E-state index in [0.717, 1.165) is 16.5 Å². The molecule has 3 rings (SSSR count). The Morgan fingerprint density at radius 1 is 1.39 bits per heavy atom. The Morgan fingerprint density at radius 2 is 2.12 bits per heavy atom. The number of allylic oxidation sites excluding steroid dienone is 2. The smallest absolute Gasteiger partial charge is 0.359 e. The lowest BCUT2D eigenvalue weighted by molar-refractivity contribution is -0.183. The summed E-state index contributed by atoms with van der Waals surface area (Å²) in [7, 11) is 2.83. The van der Waals surface area contributed by atoms with Gasteiger partial charge >= 0.3 is 5.97 Å². The fourth-order valence-corrected chi connectivity index (χ4v) is 5.09. The summed E-state index contributed by atoms with van der Waals surface area (Å²) in [6.45, 7) is 12.4. The molecule has 0 aliphatic carbocycles. The largest absolute Gasteiger partial charge is 0.465 e. The van der Waals surface area contributed by atoms with Crippen LogP contribution < -0.4 is 10.6 Å². The average Bonchev–Trinajstić information content (AvgIpc) is 3.13. The Kier molecular flexibility index (Phi) is 7.19. The van der Waals surface area contributed by atoms with Crippen LogP contribution in [-0.4, -0.2) is 52.8 Å². The second kappa shape index (κ2) is 9.88. The van der Waals surface area contributed by atoms with Crippen molar-refractivity contribution in [2.75, 3.05) is 27.2 Å². The first-order valence-corrected chi connectivity index (χ1v) is 10.8. The van der Waals surface area contributed by atoms with Gasteiger partial charge in [-0.05, 0) is 30.4 Å². The zero-order valence-electron chi connectivity index (χ0n) is 19.1. The van der Waals surface area contributed by atoms with E-state index in [9.17, 15) is 15.2 Å². The molecular weight excluding hydrogens is 420 g/mol. The summed E-state index contributed by atoms with van der Waals surface area (Å²) >= 11 is 0. The van der Waals surface area contributed by atoms with Gasteiger partial charge in [-0.3, -0.25) is 5.01 Å². The van der Waals surface area contributed by atoms with Crippen LogP contribution in [0.15, 0.2) is 48.4 Å². The van der Waals surface area contributed by atoms with Gasteiger partial charge in [0.15, 0.2) is 6.19 Å². The van der Waals surface area contributed by atoms with Gasteiger partial charge in [0.05, 0.1) is 25.5 Å². The quantitative estimate of drug-likeness (QED) is 0.278. The Balaban J connectivity index is 2.30. The van der Waals surface area contributed by atoms with Crippen molar-refractivity contribution in [2.45, 2.75) is 31.0 Å². The maximum Gasteiger partial charge on any atom is 0.359 e. The second-order valence-electron chi connectivity index (χ2n) is 7.99. The molecule has 3 atom stereocenters. The molecule has 0 aromatic carbocycles. The van der Waals surface area contributed by atoms with E-state index in [1.165, 1.54) is 7.11 Å². The molecule has 1 aromatic heterocycles. The molecule has 0 saturated carbocycles. The SMILES string of the molecule is C=C/C=c1\c2c3n(\c1=C\C=C)C(O)(C(=O)OC)CC(CCN(C=C)N=NC)C3N(C#N)CC2. The number of carbonyl (C=O) groups is 1. The van der Waals surface area contributed by atoms with E-state index in [1.807, 2.05) is 6.08 Å². The molecule has 3 heterocycles. The molecule has 9 nitrogen and oxygen atoms in total. The highest BCUT2D eigenvalue weighted by molar-refractivity contribution is 5.77. The average molecular weight is 451 g/mol. The maximum absolute atomic E-state index is 13.0. The molecule has 9 heteroatoms. The van der Waals surface area contributed by atoms with Crippen LogP contribution in [-0.2, 0) is 21.7 Å². The van der Waals surface area contributed by atoms with Crippen molar-refractivity contribution in [1.29, 1.82) is 5.26 Å². The maximum atomic E-state index is 13.0. The molecule has 0 fully saturated rings. The number of esters is 1. The van der Waals surface area contributed by atoms with Crippen LogP contribution in [0.4, 0.5) is 0 Å². The molecule has 2 aliphatic heterocycles. The highest BCUT2D eigenvalue weighted by Gasteiger charge is 2.53. The summed E-state index contributed by atoms with van der Waals surface area (Å²) in [6.07, 6.45) is 12.0. The van der Waals surface area contributed by atoms with E-state index < -0.39 is 11.7 Å². The molecule has 3 unspecified atom stereocenters. The normalized spacial score (nSPS) is 24.8. The Labute approximate surface area is 193 Å². The summed E-state index contributed by atoms with van der Waals surface area (Å²) in [5.41, 5.74) is -0.206. The van der Waals surface area contributed by atoms with Crippen molar-refractivity contribution >= 4 is 18.1 Å². The van der Waals surface area contributed by atoms with Crippen LogP contribution in [0.2, 0.25) is 0 Å². The van der Waals surface area contributed by atoms with Crippen molar-refractivity contribution < 1.29 is 14.6 Å². The van der Waals surface area contributed by atoms with E-state index >= 15 is 0 Å². The lowest BCUT2D eigenvalue weighted by atomic mass is 9.78. The molecule has 0 bridgehead atoms. The van der Waals surface area contributed by atoms with Gasteiger partial charge in [0.25, 0.3) is 0 Å². The third kappa shape index (κ3) is 3.98. The molecule has 0 radical (unpaired) electrons. The molecule has 0 saturated heterocycles. The highest BCUT2D eigenvalue weighted by atomic mass is 16.5. The van der Waals surface area contributed by atoms with Crippen molar-refractivity contribution in [3.63, 3.8) is 0 Å². The van der Waals surface area contributed by atoms with Crippen molar-refractivity contribution in [1.82, 2.24) is 14.5 Å². The Hall–Kier alpha value is -3.64. The number of nitrogens with zero attached hydrogens (tertiary/aromatic N) is 6. The minimum absolute atomic E-state index is 0.0728. The summed E-state index contributed by atoms with van der Waals surface area (Å²) in [6, 6.07) is -0.321. The van der Waals surface area contributed by atoms with Gasteiger partial charge in [0.2, 0.25) is 5.72 Å². The predicted molar refractivity (Wildman–Crippen MR) is 124 cm³/mol. The second-order valence-corrected chi connectivity index (χ2v) is 7.99. The van der Waals surface area contributed by atoms with Gasteiger partial charge < -0.3 is 19.3 Å². The third-order valence-corrected chi connectivity index (χ3v) is 6.32. The van der Waals surface area contributed by atoms with E-state index in [-0.39, 0.29) is 18.4 Å². The number of carbonyl (C=O) groups excluding carboxylic acids is 1. The first kappa shape index (κ1) is 24.0. The predicted octanol–water partition coefficient (Wildman–Crippen LogP) is 1.47. The summed E-state index contributed by atoms with van der Waals surface area (Å²) in [5, 5.41) is 32.6. The van der Waals surface area contributed by atoms with E-state index in [2.05, 4.69) is 36.3 Å². The number of hydrogen-bond acceptors (Lipinski definition) is 7. The summed E-state index contributed by atoms with van der Waals surface area (Å²) in [4.78, 5) is 14.7. The van der Waals surface area contributed by atoms with Crippen LogP contribution in [0.5, 0.6) is 0 Å². The van der Waals surface area contributed by atoms with E-state index in [1.54, 1.807) is 46.0 Å². The summed E-state index contributed by atoms with van der Waals surface area (Å²) < 4.78 is 6.68. The van der Waals surface area contributed by atoms with E-state index in [4.69, 9.17) is 4.74 Å². The van der Waals surface area contributed by atoms with E-state index in [0.29, 0.717) is 31.3 Å². The van der Waals surface area contributed by atoms with Crippen LogP contribution in [0, 0.1) is 17.4 Å². The Bertz CT molecular complexity index is 1140. The molecule has 174 valence electrons. The lowest BCUT2D eigenvalue weighted by Gasteiger charge is -2.46.